The first-order chi connectivity index (χ1) is 6.52. The molecule has 0 saturated heterocycles. The minimum Gasteiger partial charge on any atom is -0.295 e. The third-order valence-electron chi connectivity index (χ3n) is 2.37. The van der Waals surface area contributed by atoms with E-state index in [-0.39, 0.29) is 5.78 Å². The van der Waals surface area contributed by atoms with Crippen molar-refractivity contribution in [1.29, 1.82) is 0 Å². The molecule has 0 heterocycles. The Morgan fingerprint density at radius 3 is 2.36 bits per heavy atom. The zero-order valence-corrected chi connectivity index (χ0v) is 10.0. The van der Waals surface area contributed by atoms with Crippen LogP contribution in [-0.4, -0.2) is 5.78 Å². The molecule has 0 aliphatic heterocycles. The Hall–Kier alpha value is -0.590. The number of carbonyl (C=O) groups excluding carboxylic acids is 1. The van der Waals surface area contributed by atoms with Crippen LogP contribution in [0.5, 0.6) is 0 Å². The van der Waals surface area contributed by atoms with Crippen molar-refractivity contribution in [2.45, 2.75) is 53.4 Å². The van der Waals surface area contributed by atoms with E-state index in [1.165, 1.54) is 19.3 Å². The zero-order chi connectivity index (χ0) is 11.0. The average Bonchev–Trinajstić information content (AvgIpc) is 2.02. The molecule has 0 saturated carbocycles. The Bertz CT molecular complexity index is 180. The van der Waals surface area contributed by atoms with Gasteiger partial charge in [0.2, 0.25) is 0 Å². The smallest absolute Gasteiger partial charge is 0.152 e. The van der Waals surface area contributed by atoms with Crippen LogP contribution in [0.3, 0.4) is 0 Å². The Morgan fingerprint density at radius 1 is 1.21 bits per heavy atom. The highest BCUT2D eigenvalue weighted by atomic mass is 16.1. The van der Waals surface area contributed by atoms with Gasteiger partial charge >= 0.3 is 0 Å². The molecule has 0 amide bonds. The molecule has 0 aromatic heterocycles. The van der Waals surface area contributed by atoms with Gasteiger partial charge in [0.25, 0.3) is 0 Å². The van der Waals surface area contributed by atoms with Crippen molar-refractivity contribution >= 4 is 5.78 Å². The number of hydrogen-bond acceptors (Lipinski definition) is 1. The molecule has 14 heavy (non-hydrogen) atoms. The largest absolute Gasteiger partial charge is 0.295 e. The van der Waals surface area contributed by atoms with Gasteiger partial charge in [-0.3, -0.25) is 4.79 Å². The molecule has 0 spiro atoms. The lowest BCUT2D eigenvalue weighted by Crippen LogP contribution is -1.95. The van der Waals surface area contributed by atoms with Crippen LogP contribution < -0.4 is 0 Å². The summed E-state index contributed by atoms with van der Waals surface area (Å²) in [6.45, 7) is 8.38. The molecular formula is C13H24O. The predicted molar refractivity (Wildman–Crippen MR) is 62.3 cm³/mol. The SMILES string of the molecule is CC(=O)C=CC[C@H](C)CCCC(C)C. The standard InChI is InChI=1S/C13H24O/c1-11(2)7-5-8-12(3)9-6-10-13(4)14/h6,10-12H,5,7-9H2,1-4H3/t12-/m1/s1. The molecule has 82 valence electrons. The fraction of sp³-hybridized carbons (Fsp3) is 0.769. The number of ketones is 1. The number of allylic oxidation sites excluding steroid dienone is 2. The fourth-order valence-electron chi connectivity index (χ4n) is 1.46. The van der Waals surface area contributed by atoms with E-state index in [4.69, 9.17) is 0 Å². The van der Waals surface area contributed by atoms with E-state index < -0.39 is 0 Å². The van der Waals surface area contributed by atoms with Crippen LogP contribution in [-0.2, 0) is 4.79 Å². The Morgan fingerprint density at radius 2 is 1.86 bits per heavy atom. The van der Waals surface area contributed by atoms with Crippen LogP contribution in [0.25, 0.3) is 0 Å². The Balaban J connectivity index is 3.45. The summed E-state index contributed by atoms with van der Waals surface area (Å²) >= 11 is 0. The molecule has 1 nitrogen and oxygen atoms in total. The molecular weight excluding hydrogens is 172 g/mol. The summed E-state index contributed by atoms with van der Waals surface area (Å²) in [6.07, 6.45) is 8.63. The molecule has 0 radical (unpaired) electrons. The van der Waals surface area contributed by atoms with Crippen LogP contribution in [0.1, 0.15) is 53.4 Å². The minimum atomic E-state index is 0.152. The topological polar surface area (TPSA) is 17.1 Å². The van der Waals surface area contributed by atoms with Gasteiger partial charge in [0, 0.05) is 0 Å². The zero-order valence-electron chi connectivity index (χ0n) is 10.0. The summed E-state index contributed by atoms with van der Waals surface area (Å²) in [5.74, 6) is 1.68. The summed E-state index contributed by atoms with van der Waals surface area (Å²) in [7, 11) is 0. The lowest BCUT2D eigenvalue weighted by molar-refractivity contribution is -0.112. The maximum Gasteiger partial charge on any atom is 0.152 e. The van der Waals surface area contributed by atoms with Crippen LogP contribution in [0.15, 0.2) is 12.2 Å². The summed E-state index contributed by atoms with van der Waals surface area (Å²) < 4.78 is 0. The second-order valence-corrected chi connectivity index (χ2v) is 4.68. The summed E-state index contributed by atoms with van der Waals surface area (Å²) in [4.78, 5) is 10.6. The van der Waals surface area contributed by atoms with Gasteiger partial charge in [0.05, 0.1) is 0 Å². The minimum absolute atomic E-state index is 0.152. The Labute approximate surface area is 88.6 Å². The monoisotopic (exact) mass is 196 g/mol. The van der Waals surface area contributed by atoms with Gasteiger partial charge in [0.15, 0.2) is 5.78 Å². The van der Waals surface area contributed by atoms with Crippen molar-refractivity contribution in [3.05, 3.63) is 12.2 Å². The highest BCUT2D eigenvalue weighted by Crippen LogP contribution is 2.15. The molecule has 0 aromatic rings. The first kappa shape index (κ1) is 13.4. The normalized spacial score (nSPS) is 13.8. The van der Waals surface area contributed by atoms with E-state index >= 15 is 0 Å². The van der Waals surface area contributed by atoms with E-state index in [0.717, 1.165) is 12.3 Å². The van der Waals surface area contributed by atoms with Gasteiger partial charge in [-0.05, 0) is 31.3 Å². The highest BCUT2D eigenvalue weighted by Gasteiger charge is 2.00. The quantitative estimate of drug-likeness (QED) is 0.563. The lowest BCUT2D eigenvalue weighted by atomic mass is 9.97. The van der Waals surface area contributed by atoms with Crippen molar-refractivity contribution in [3.8, 4) is 0 Å². The van der Waals surface area contributed by atoms with Gasteiger partial charge in [-0.25, -0.2) is 0 Å². The lowest BCUT2D eigenvalue weighted by Gasteiger charge is -2.09. The van der Waals surface area contributed by atoms with E-state index in [1.807, 2.05) is 6.08 Å². The van der Waals surface area contributed by atoms with E-state index in [2.05, 4.69) is 20.8 Å². The first-order valence-electron chi connectivity index (χ1n) is 5.69. The maximum absolute atomic E-state index is 10.6. The van der Waals surface area contributed by atoms with Crippen molar-refractivity contribution in [1.82, 2.24) is 0 Å². The van der Waals surface area contributed by atoms with Gasteiger partial charge in [-0.2, -0.15) is 0 Å². The second kappa shape index (κ2) is 7.78. The molecule has 0 rings (SSSR count). The third-order valence-corrected chi connectivity index (χ3v) is 2.37. The number of rotatable bonds is 7. The van der Waals surface area contributed by atoms with E-state index in [1.54, 1.807) is 13.0 Å². The first-order valence-corrected chi connectivity index (χ1v) is 5.69. The fourth-order valence-corrected chi connectivity index (χ4v) is 1.46. The summed E-state index contributed by atoms with van der Waals surface area (Å²) in [5.41, 5.74) is 0. The second-order valence-electron chi connectivity index (χ2n) is 4.68. The van der Waals surface area contributed by atoms with Gasteiger partial charge in [0.1, 0.15) is 0 Å². The van der Waals surface area contributed by atoms with Gasteiger partial charge in [-0.1, -0.05) is 46.1 Å². The molecule has 0 aromatic carbocycles. The van der Waals surface area contributed by atoms with Crippen LogP contribution in [0.2, 0.25) is 0 Å². The predicted octanol–water partition coefficient (Wildman–Crippen LogP) is 3.98. The van der Waals surface area contributed by atoms with Crippen LogP contribution in [0.4, 0.5) is 0 Å². The Kier molecular flexibility index (Phi) is 7.45. The summed E-state index contributed by atoms with van der Waals surface area (Å²) in [6, 6.07) is 0. The highest BCUT2D eigenvalue weighted by molar-refractivity contribution is 5.87. The molecule has 0 aliphatic carbocycles. The number of carbonyl (C=O) groups is 1. The van der Waals surface area contributed by atoms with E-state index in [0.29, 0.717) is 5.92 Å². The van der Waals surface area contributed by atoms with Crippen molar-refractivity contribution in [2.75, 3.05) is 0 Å². The molecule has 0 N–H and O–H groups in total. The number of hydrogen-bond donors (Lipinski definition) is 0. The molecule has 0 unspecified atom stereocenters. The molecule has 0 aliphatic rings. The molecule has 1 heteroatoms. The molecule has 0 bridgehead atoms. The van der Waals surface area contributed by atoms with Crippen LogP contribution in [0, 0.1) is 11.8 Å². The summed E-state index contributed by atoms with van der Waals surface area (Å²) in [5, 5.41) is 0. The van der Waals surface area contributed by atoms with Gasteiger partial charge in [-0.15, -0.1) is 0 Å². The molecule has 1 atom stereocenters. The third kappa shape index (κ3) is 9.50. The van der Waals surface area contributed by atoms with E-state index in [9.17, 15) is 4.79 Å². The maximum atomic E-state index is 10.6. The molecule has 0 fully saturated rings. The van der Waals surface area contributed by atoms with Crippen LogP contribution >= 0.6 is 0 Å². The van der Waals surface area contributed by atoms with Crippen molar-refractivity contribution < 1.29 is 4.79 Å². The van der Waals surface area contributed by atoms with Gasteiger partial charge < -0.3 is 0 Å². The van der Waals surface area contributed by atoms with Crippen molar-refractivity contribution in [2.24, 2.45) is 11.8 Å². The average molecular weight is 196 g/mol. The van der Waals surface area contributed by atoms with Crippen molar-refractivity contribution in [3.63, 3.8) is 0 Å².